The first kappa shape index (κ1) is 24.0. The van der Waals surface area contributed by atoms with Gasteiger partial charge in [-0.3, -0.25) is 9.52 Å². The molecule has 0 atom stereocenters. The molecule has 0 unspecified atom stereocenters. The monoisotopic (exact) mass is 509 g/mol. The summed E-state index contributed by atoms with van der Waals surface area (Å²) in [6, 6.07) is 15.5. The lowest BCUT2D eigenvalue weighted by Gasteiger charge is -2.27. The zero-order chi connectivity index (χ0) is 25.4. The number of anilines is 1. The maximum atomic E-state index is 14.8. The van der Waals surface area contributed by atoms with E-state index in [-0.39, 0.29) is 11.5 Å². The van der Waals surface area contributed by atoms with Crippen LogP contribution in [0.1, 0.15) is 29.6 Å². The zero-order valence-corrected chi connectivity index (χ0v) is 20.5. The Labute approximate surface area is 208 Å². The van der Waals surface area contributed by atoms with Gasteiger partial charge < -0.3 is 9.47 Å². The van der Waals surface area contributed by atoms with Crippen LogP contribution in [-0.4, -0.2) is 43.1 Å². The Morgan fingerprint density at radius 3 is 2.42 bits per heavy atom. The normalized spacial score (nSPS) is 14.2. The van der Waals surface area contributed by atoms with E-state index in [0.29, 0.717) is 41.1 Å². The highest BCUT2D eigenvalue weighted by molar-refractivity contribution is 7.92. The summed E-state index contributed by atoms with van der Waals surface area (Å²) in [4.78, 5) is 15.2. The lowest BCUT2D eigenvalue weighted by atomic mass is 10.00. The van der Waals surface area contributed by atoms with Gasteiger partial charge in [-0.05, 0) is 73.4 Å². The third-order valence-electron chi connectivity index (χ3n) is 6.32. The van der Waals surface area contributed by atoms with Crippen LogP contribution in [0.15, 0.2) is 66.9 Å². The van der Waals surface area contributed by atoms with Crippen LogP contribution >= 0.6 is 0 Å². The van der Waals surface area contributed by atoms with Gasteiger partial charge in [0, 0.05) is 47.6 Å². The fraction of sp³-hybridized carbons (Fsp3) is 0.222. The Kier molecular flexibility index (Phi) is 6.26. The van der Waals surface area contributed by atoms with Crippen molar-refractivity contribution in [2.24, 2.45) is 0 Å². The van der Waals surface area contributed by atoms with Crippen molar-refractivity contribution >= 4 is 32.5 Å². The largest absolute Gasteiger partial charge is 0.339 e. The van der Waals surface area contributed by atoms with Gasteiger partial charge in [0.1, 0.15) is 11.6 Å². The van der Waals surface area contributed by atoms with Crippen molar-refractivity contribution in [3.8, 4) is 16.8 Å². The molecule has 3 aromatic carbocycles. The van der Waals surface area contributed by atoms with Crippen molar-refractivity contribution in [3.63, 3.8) is 0 Å². The average Bonchev–Trinajstić information content (AvgIpc) is 3.26. The molecule has 1 fully saturated rings. The summed E-state index contributed by atoms with van der Waals surface area (Å²) in [5, 5.41) is 0.858. The molecule has 0 bridgehead atoms. The molecule has 0 radical (unpaired) electrons. The molecule has 1 N–H and O–H groups in total. The van der Waals surface area contributed by atoms with Crippen LogP contribution in [0.2, 0.25) is 0 Å². The first-order valence-electron chi connectivity index (χ1n) is 11.7. The number of nitrogens with one attached hydrogen (secondary N) is 1. The SMILES string of the molecule is CS(=O)(=O)Nc1ccc2ccn(-c3cc(C(=O)N4CCCCC4)cc(-c4ccc(F)cc4F)c3)c2c1. The van der Waals surface area contributed by atoms with Gasteiger partial charge in [0.15, 0.2) is 0 Å². The molecule has 5 rings (SSSR count). The highest BCUT2D eigenvalue weighted by atomic mass is 32.2. The number of amides is 1. The van der Waals surface area contributed by atoms with Gasteiger partial charge in [-0.25, -0.2) is 17.2 Å². The number of fused-ring (bicyclic) bond motifs is 1. The molecule has 4 aromatic rings. The molecule has 1 aliphatic heterocycles. The van der Waals surface area contributed by atoms with E-state index in [1.807, 2.05) is 16.8 Å². The van der Waals surface area contributed by atoms with Crippen LogP contribution in [-0.2, 0) is 10.0 Å². The second kappa shape index (κ2) is 9.39. The Balaban J connectivity index is 1.66. The van der Waals surface area contributed by atoms with E-state index in [4.69, 9.17) is 0 Å². The molecule has 1 saturated heterocycles. The van der Waals surface area contributed by atoms with Crippen molar-refractivity contribution in [2.75, 3.05) is 24.1 Å². The number of carbonyl (C=O) groups excluding carboxylic acids is 1. The molecule has 2 heterocycles. The summed E-state index contributed by atoms with van der Waals surface area (Å²) in [5.41, 5.74) is 2.73. The van der Waals surface area contributed by atoms with Gasteiger partial charge in [0.2, 0.25) is 10.0 Å². The number of piperidine rings is 1. The number of nitrogens with zero attached hydrogens (tertiary/aromatic N) is 2. The van der Waals surface area contributed by atoms with Crippen LogP contribution in [0.25, 0.3) is 27.7 Å². The summed E-state index contributed by atoms with van der Waals surface area (Å²) >= 11 is 0. The number of rotatable bonds is 5. The average molecular weight is 510 g/mol. The van der Waals surface area contributed by atoms with Gasteiger partial charge >= 0.3 is 0 Å². The molecule has 9 heteroatoms. The molecule has 36 heavy (non-hydrogen) atoms. The number of benzene rings is 3. The molecule has 1 amide bonds. The summed E-state index contributed by atoms with van der Waals surface area (Å²) in [5.74, 6) is -1.55. The van der Waals surface area contributed by atoms with Crippen molar-refractivity contribution in [3.05, 3.63) is 84.1 Å². The molecular formula is C27H25F2N3O3S. The number of hydrogen-bond acceptors (Lipinski definition) is 3. The summed E-state index contributed by atoms with van der Waals surface area (Å²) in [7, 11) is -3.47. The lowest BCUT2D eigenvalue weighted by Crippen LogP contribution is -2.35. The van der Waals surface area contributed by atoms with Gasteiger partial charge in [0.05, 0.1) is 17.5 Å². The van der Waals surface area contributed by atoms with Crippen LogP contribution in [0, 0.1) is 11.6 Å². The van der Waals surface area contributed by atoms with Crippen LogP contribution in [0.5, 0.6) is 0 Å². The third kappa shape index (κ3) is 4.97. The molecule has 1 aromatic heterocycles. The minimum atomic E-state index is -3.47. The number of aromatic nitrogens is 1. The van der Waals surface area contributed by atoms with E-state index < -0.39 is 21.7 Å². The first-order valence-corrected chi connectivity index (χ1v) is 13.6. The molecular weight excluding hydrogens is 484 g/mol. The maximum absolute atomic E-state index is 14.8. The first-order chi connectivity index (χ1) is 17.2. The fourth-order valence-electron chi connectivity index (χ4n) is 4.66. The third-order valence-corrected chi connectivity index (χ3v) is 6.93. The van der Waals surface area contributed by atoms with E-state index >= 15 is 0 Å². The minimum absolute atomic E-state index is 0.142. The van der Waals surface area contributed by atoms with Gasteiger partial charge in [-0.15, -0.1) is 0 Å². The lowest BCUT2D eigenvalue weighted by molar-refractivity contribution is 0.0724. The molecule has 1 aliphatic rings. The predicted molar refractivity (Wildman–Crippen MR) is 137 cm³/mol. The van der Waals surface area contributed by atoms with Crippen molar-refractivity contribution < 1.29 is 22.0 Å². The highest BCUT2D eigenvalue weighted by Crippen LogP contribution is 2.31. The van der Waals surface area contributed by atoms with Gasteiger partial charge in [-0.2, -0.15) is 0 Å². The molecule has 186 valence electrons. The predicted octanol–water partition coefficient (Wildman–Crippen LogP) is 5.57. The Hall–Kier alpha value is -3.72. The Morgan fingerprint density at radius 2 is 1.69 bits per heavy atom. The molecule has 6 nitrogen and oxygen atoms in total. The van der Waals surface area contributed by atoms with E-state index in [9.17, 15) is 22.0 Å². The zero-order valence-electron chi connectivity index (χ0n) is 19.7. The van der Waals surface area contributed by atoms with E-state index in [1.54, 1.807) is 41.3 Å². The van der Waals surface area contributed by atoms with Gasteiger partial charge in [0.25, 0.3) is 5.91 Å². The highest BCUT2D eigenvalue weighted by Gasteiger charge is 2.21. The van der Waals surface area contributed by atoms with Crippen LogP contribution < -0.4 is 4.72 Å². The Bertz CT molecular complexity index is 1570. The van der Waals surface area contributed by atoms with Gasteiger partial charge in [-0.1, -0.05) is 6.07 Å². The fourth-order valence-corrected chi connectivity index (χ4v) is 5.22. The van der Waals surface area contributed by atoms with Crippen LogP contribution in [0.3, 0.4) is 0 Å². The van der Waals surface area contributed by atoms with Crippen molar-refractivity contribution in [2.45, 2.75) is 19.3 Å². The van der Waals surface area contributed by atoms with E-state index in [1.165, 1.54) is 12.1 Å². The number of carbonyl (C=O) groups is 1. The molecule has 0 aliphatic carbocycles. The van der Waals surface area contributed by atoms with E-state index in [2.05, 4.69) is 4.72 Å². The summed E-state index contributed by atoms with van der Waals surface area (Å²) in [6.45, 7) is 1.33. The second-order valence-electron chi connectivity index (χ2n) is 9.08. The maximum Gasteiger partial charge on any atom is 0.253 e. The molecule has 0 saturated carbocycles. The standard InChI is InChI=1S/C27H25F2N3O3S/c1-36(34,35)30-22-7-5-18-9-12-32(26(18)17-22)23-14-19(24-8-6-21(28)16-25(24)29)13-20(15-23)27(33)31-10-3-2-4-11-31/h5-9,12-17,30H,2-4,10-11H2,1H3. The Morgan fingerprint density at radius 1 is 0.917 bits per heavy atom. The van der Waals surface area contributed by atoms with Crippen LogP contribution in [0.4, 0.5) is 14.5 Å². The summed E-state index contributed by atoms with van der Waals surface area (Å²) in [6.07, 6.45) is 5.83. The number of sulfonamides is 1. The summed E-state index contributed by atoms with van der Waals surface area (Å²) < 4.78 is 56.1. The van der Waals surface area contributed by atoms with Crippen molar-refractivity contribution in [1.82, 2.24) is 9.47 Å². The molecule has 0 spiro atoms. The number of halogens is 2. The number of hydrogen-bond donors (Lipinski definition) is 1. The quantitative estimate of drug-likeness (QED) is 0.382. The minimum Gasteiger partial charge on any atom is -0.339 e. The smallest absolute Gasteiger partial charge is 0.253 e. The topological polar surface area (TPSA) is 71.4 Å². The number of likely N-dealkylation sites (tertiary alicyclic amines) is 1. The second-order valence-corrected chi connectivity index (χ2v) is 10.8. The van der Waals surface area contributed by atoms with E-state index in [0.717, 1.165) is 37.0 Å². The van der Waals surface area contributed by atoms with Crippen molar-refractivity contribution in [1.29, 1.82) is 0 Å².